The summed E-state index contributed by atoms with van der Waals surface area (Å²) in [4.78, 5) is 12.3. The molecule has 0 aliphatic rings. The molecule has 27 heavy (non-hydrogen) atoms. The van der Waals surface area contributed by atoms with Crippen LogP contribution in [0.3, 0.4) is 0 Å². The highest BCUT2D eigenvalue weighted by Crippen LogP contribution is 2.34. The Morgan fingerprint density at radius 3 is 2.48 bits per heavy atom. The number of methoxy groups -OCH3 is 2. The molecule has 0 unspecified atom stereocenters. The Balaban J connectivity index is 2.11. The van der Waals surface area contributed by atoms with Gasteiger partial charge in [0, 0.05) is 5.56 Å². The molecule has 0 aliphatic carbocycles. The topological polar surface area (TPSA) is 89.4 Å². The number of nitrogens with one attached hydrogen (secondary N) is 1. The maximum absolute atomic E-state index is 12.3. The quantitative estimate of drug-likeness (QED) is 0.555. The van der Waals surface area contributed by atoms with Gasteiger partial charge in [0.15, 0.2) is 23.0 Å². The third-order valence-electron chi connectivity index (χ3n) is 3.44. The van der Waals surface area contributed by atoms with Gasteiger partial charge in [0.2, 0.25) is 0 Å². The van der Waals surface area contributed by atoms with Crippen molar-refractivity contribution in [1.82, 2.24) is 5.43 Å². The zero-order chi connectivity index (χ0) is 20.0. The minimum Gasteiger partial charge on any atom is -0.503 e. The van der Waals surface area contributed by atoms with Crippen molar-refractivity contribution < 1.29 is 24.1 Å². The first-order valence-corrected chi connectivity index (χ1v) is 8.48. The molecule has 2 aromatic rings. The molecular weight excluding hydrogens is 372 g/mol. The fourth-order valence-electron chi connectivity index (χ4n) is 2.21. The van der Waals surface area contributed by atoms with E-state index in [1.54, 1.807) is 18.2 Å². The molecule has 2 N–H and O–H groups in total. The fraction of sp³-hybridized carbons (Fsp3) is 0.263. The second kappa shape index (κ2) is 9.14. The first-order valence-electron chi connectivity index (χ1n) is 8.10. The van der Waals surface area contributed by atoms with E-state index in [1.807, 2.05) is 13.8 Å². The monoisotopic (exact) mass is 392 g/mol. The van der Waals surface area contributed by atoms with Crippen molar-refractivity contribution in [2.24, 2.45) is 5.10 Å². The van der Waals surface area contributed by atoms with Crippen molar-refractivity contribution in [1.29, 1.82) is 0 Å². The number of carbonyl (C=O) groups excluding carboxylic acids is 1. The zero-order valence-corrected chi connectivity index (χ0v) is 16.2. The Morgan fingerprint density at radius 2 is 1.85 bits per heavy atom. The molecule has 0 aromatic heterocycles. The molecular formula is C19H21ClN2O5. The average Bonchev–Trinajstić information content (AvgIpc) is 2.64. The van der Waals surface area contributed by atoms with E-state index in [-0.39, 0.29) is 22.6 Å². The number of phenols is 1. The third-order valence-corrected chi connectivity index (χ3v) is 3.73. The van der Waals surface area contributed by atoms with Crippen LogP contribution in [0, 0.1) is 0 Å². The zero-order valence-electron chi connectivity index (χ0n) is 15.4. The molecule has 0 fully saturated rings. The molecule has 7 nitrogen and oxygen atoms in total. The number of hydrazone groups is 1. The lowest BCUT2D eigenvalue weighted by atomic mass is 10.2. The van der Waals surface area contributed by atoms with E-state index in [1.165, 1.54) is 32.6 Å². The van der Waals surface area contributed by atoms with E-state index in [0.717, 1.165) is 0 Å². The van der Waals surface area contributed by atoms with E-state index < -0.39 is 5.91 Å². The third kappa shape index (κ3) is 5.27. The van der Waals surface area contributed by atoms with Crippen LogP contribution in [0.5, 0.6) is 23.0 Å². The van der Waals surface area contributed by atoms with E-state index in [4.69, 9.17) is 25.8 Å². The number of halogens is 1. The van der Waals surface area contributed by atoms with Gasteiger partial charge < -0.3 is 19.3 Å². The summed E-state index contributed by atoms with van der Waals surface area (Å²) in [5.74, 6) is 0.642. The number of aromatic hydroxyl groups is 1. The molecule has 144 valence electrons. The van der Waals surface area contributed by atoms with Gasteiger partial charge in [-0.25, -0.2) is 5.43 Å². The predicted octanol–water partition coefficient (Wildman–Crippen LogP) is 3.61. The van der Waals surface area contributed by atoms with Crippen LogP contribution in [0.25, 0.3) is 0 Å². The molecule has 0 radical (unpaired) electrons. The minimum absolute atomic E-state index is 0.0164. The van der Waals surface area contributed by atoms with Crippen LogP contribution >= 0.6 is 11.6 Å². The highest BCUT2D eigenvalue weighted by atomic mass is 35.5. The van der Waals surface area contributed by atoms with Gasteiger partial charge in [0.1, 0.15) is 0 Å². The lowest BCUT2D eigenvalue weighted by Crippen LogP contribution is -2.18. The molecule has 0 spiro atoms. The molecule has 0 atom stereocenters. The van der Waals surface area contributed by atoms with E-state index in [9.17, 15) is 9.90 Å². The molecule has 0 bridgehead atoms. The van der Waals surface area contributed by atoms with Crippen molar-refractivity contribution >= 4 is 23.7 Å². The summed E-state index contributed by atoms with van der Waals surface area (Å²) in [6.07, 6.45) is 1.37. The minimum atomic E-state index is -0.419. The van der Waals surface area contributed by atoms with Gasteiger partial charge in [0.05, 0.1) is 31.6 Å². The Bertz CT molecular complexity index is 852. The lowest BCUT2D eigenvalue weighted by molar-refractivity contribution is 0.0954. The lowest BCUT2D eigenvalue weighted by Gasteiger charge is -2.14. The Morgan fingerprint density at radius 1 is 1.15 bits per heavy atom. The van der Waals surface area contributed by atoms with Crippen molar-refractivity contribution in [3.05, 3.63) is 46.5 Å². The number of ether oxygens (including phenoxy) is 3. The van der Waals surface area contributed by atoms with Gasteiger partial charge in [-0.3, -0.25) is 4.79 Å². The molecule has 0 saturated heterocycles. The second-order valence-corrected chi connectivity index (χ2v) is 6.19. The van der Waals surface area contributed by atoms with Crippen LogP contribution in [0.1, 0.15) is 29.8 Å². The van der Waals surface area contributed by atoms with Crippen molar-refractivity contribution in [2.45, 2.75) is 20.0 Å². The van der Waals surface area contributed by atoms with E-state index >= 15 is 0 Å². The highest BCUT2D eigenvalue weighted by Gasteiger charge is 2.12. The molecule has 0 aliphatic heterocycles. The summed E-state index contributed by atoms with van der Waals surface area (Å²) >= 11 is 5.91. The van der Waals surface area contributed by atoms with Gasteiger partial charge in [0.25, 0.3) is 5.91 Å². The summed E-state index contributed by atoms with van der Waals surface area (Å²) in [5.41, 5.74) is 3.33. The smallest absolute Gasteiger partial charge is 0.271 e. The number of amides is 1. The number of hydrogen-bond acceptors (Lipinski definition) is 6. The van der Waals surface area contributed by atoms with E-state index in [0.29, 0.717) is 22.6 Å². The number of phenolic OH excluding ortho intramolecular Hbond substituents is 1. The maximum Gasteiger partial charge on any atom is 0.271 e. The standard InChI is InChI=1S/C19H21ClN2O5/c1-11(2)27-15-6-5-13(9-16(15)25-3)19(24)22-21-10-12-7-14(20)18(23)17(8-12)26-4/h5-11,23H,1-4H3,(H,22,24)/b21-10+. The number of nitrogens with zero attached hydrogens (tertiary/aromatic N) is 1. The second-order valence-electron chi connectivity index (χ2n) is 5.78. The molecule has 0 heterocycles. The molecule has 8 heteroatoms. The Kier molecular flexibility index (Phi) is 6.90. The fourth-order valence-corrected chi connectivity index (χ4v) is 2.43. The van der Waals surface area contributed by atoms with E-state index in [2.05, 4.69) is 10.5 Å². The predicted molar refractivity (Wildman–Crippen MR) is 103 cm³/mol. The number of benzene rings is 2. The van der Waals surface area contributed by atoms with Gasteiger partial charge in [-0.1, -0.05) is 11.6 Å². The Hall–Kier alpha value is -2.93. The van der Waals surface area contributed by atoms with Gasteiger partial charge in [-0.2, -0.15) is 5.10 Å². The average molecular weight is 393 g/mol. The van der Waals surface area contributed by atoms with Crippen molar-refractivity contribution in [3.63, 3.8) is 0 Å². The number of rotatable bonds is 7. The van der Waals surface area contributed by atoms with Crippen molar-refractivity contribution in [3.8, 4) is 23.0 Å². The first-order chi connectivity index (χ1) is 12.8. The summed E-state index contributed by atoms with van der Waals surface area (Å²) in [6.45, 7) is 3.80. The number of hydrogen-bond donors (Lipinski definition) is 2. The normalized spacial score (nSPS) is 10.9. The maximum atomic E-state index is 12.3. The molecule has 0 saturated carbocycles. The molecule has 2 aromatic carbocycles. The number of carbonyl (C=O) groups is 1. The van der Waals surface area contributed by atoms with Crippen LogP contribution in [-0.2, 0) is 0 Å². The molecule has 1 amide bonds. The summed E-state index contributed by atoms with van der Waals surface area (Å²) in [7, 11) is 2.92. The van der Waals surface area contributed by atoms with Gasteiger partial charge in [-0.15, -0.1) is 0 Å². The van der Waals surface area contributed by atoms with Crippen LogP contribution in [0.4, 0.5) is 0 Å². The highest BCUT2D eigenvalue weighted by molar-refractivity contribution is 6.32. The van der Waals surface area contributed by atoms with Gasteiger partial charge >= 0.3 is 0 Å². The largest absolute Gasteiger partial charge is 0.503 e. The van der Waals surface area contributed by atoms with Gasteiger partial charge in [-0.05, 0) is 49.7 Å². The SMILES string of the molecule is COc1cc(C(=O)N/N=C/c2cc(Cl)c(O)c(OC)c2)ccc1OC(C)C. The summed E-state index contributed by atoms with van der Waals surface area (Å²) in [5, 5.41) is 13.7. The summed E-state index contributed by atoms with van der Waals surface area (Å²) in [6, 6.07) is 7.89. The Labute approximate surface area is 162 Å². The van der Waals surface area contributed by atoms with Crippen LogP contribution in [-0.4, -0.2) is 37.6 Å². The molecule has 2 rings (SSSR count). The van der Waals surface area contributed by atoms with Crippen LogP contribution in [0.15, 0.2) is 35.4 Å². The van der Waals surface area contributed by atoms with Crippen LogP contribution < -0.4 is 19.6 Å². The first kappa shape index (κ1) is 20.4. The van der Waals surface area contributed by atoms with Crippen LogP contribution in [0.2, 0.25) is 5.02 Å². The summed E-state index contributed by atoms with van der Waals surface area (Å²) < 4.78 is 15.9. The van der Waals surface area contributed by atoms with Crippen molar-refractivity contribution in [2.75, 3.05) is 14.2 Å².